The van der Waals surface area contributed by atoms with Gasteiger partial charge in [-0.1, -0.05) is 38.1 Å². The minimum atomic E-state index is 0. The third-order valence-electron chi connectivity index (χ3n) is 12.1. The van der Waals surface area contributed by atoms with E-state index >= 15 is 0 Å². The monoisotopic (exact) mass is 759 g/mol. The zero-order valence-electron chi connectivity index (χ0n) is 33.8. The van der Waals surface area contributed by atoms with Gasteiger partial charge in [-0.25, -0.2) is 4.79 Å². The molecule has 2 amide bonds. The number of amides is 2. The number of carbonyl (C=O) groups excluding carboxylic acids is 1. The third kappa shape index (κ3) is 10.4. The molecule has 56 heavy (non-hydrogen) atoms. The van der Waals surface area contributed by atoms with Crippen LogP contribution in [0.1, 0.15) is 87.9 Å². The highest BCUT2D eigenvalue weighted by Gasteiger charge is 2.31. The summed E-state index contributed by atoms with van der Waals surface area (Å²) in [4.78, 5) is 28.4. The first-order valence-corrected chi connectivity index (χ1v) is 20.6. The van der Waals surface area contributed by atoms with Gasteiger partial charge >= 0.3 is 6.03 Å². The number of urea groups is 1. The van der Waals surface area contributed by atoms with E-state index in [1.54, 1.807) is 12.4 Å². The Bertz CT molecular complexity index is 2000. The van der Waals surface area contributed by atoms with Gasteiger partial charge in [0.15, 0.2) is 0 Å². The molecule has 4 N–H and O–H groups in total. The Labute approximate surface area is 334 Å². The van der Waals surface area contributed by atoms with Gasteiger partial charge in [0.25, 0.3) is 0 Å². The van der Waals surface area contributed by atoms with Crippen LogP contribution in [0.2, 0.25) is 0 Å². The van der Waals surface area contributed by atoms with E-state index in [0.717, 1.165) is 73.8 Å². The van der Waals surface area contributed by atoms with Gasteiger partial charge in [-0.05, 0) is 138 Å². The van der Waals surface area contributed by atoms with Crippen molar-refractivity contribution in [3.8, 4) is 12.1 Å². The predicted molar refractivity (Wildman–Crippen MR) is 226 cm³/mol. The maximum atomic E-state index is 13.0. The normalized spacial score (nSPS) is 23.9. The van der Waals surface area contributed by atoms with E-state index in [2.05, 4.69) is 88.7 Å². The van der Waals surface area contributed by atoms with Crippen LogP contribution in [0.4, 0.5) is 4.79 Å². The number of hydrogen-bond donors (Lipinski definition) is 3. The molecule has 4 aromatic rings. The molecule has 0 saturated carbocycles. The van der Waals surface area contributed by atoms with Crippen LogP contribution < -0.4 is 16.4 Å². The molecule has 11 heteroatoms. The number of aromatic nitrogens is 2. The number of nitriles is 2. The quantitative estimate of drug-likeness (QED) is 0.215. The van der Waals surface area contributed by atoms with Crippen LogP contribution in [0.25, 0.3) is 21.8 Å². The van der Waals surface area contributed by atoms with Crippen LogP contribution in [0.3, 0.4) is 0 Å². The van der Waals surface area contributed by atoms with E-state index < -0.39 is 0 Å². The van der Waals surface area contributed by atoms with Gasteiger partial charge in [-0.2, -0.15) is 10.5 Å². The van der Waals surface area contributed by atoms with Crippen molar-refractivity contribution in [3.63, 3.8) is 0 Å². The summed E-state index contributed by atoms with van der Waals surface area (Å²) in [7, 11) is 4.28. The van der Waals surface area contributed by atoms with Crippen LogP contribution in [-0.2, 0) is 0 Å². The van der Waals surface area contributed by atoms with Crippen LogP contribution in [0.15, 0.2) is 60.9 Å². The Balaban J connectivity index is 0.000000189. The number of nitrogens with zero attached hydrogens (tertiary/aromatic N) is 7. The number of likely N-dealkylation sites (tertiary alicyclic amines) is 3. The van der Waals surface area contributed by atoms with Crippen molar-refractivity contribution in [3.05, 3.63) is 83.2 Å². The first kappa shape index (κ1) is 41.0. The van der Waals surface area contributed by atoms with Crippen molar-refractivity contribution >= 4 is 27.8 Å². The number of hydrogen-bond acceptors (Lipinski definition) is 9. The lowest BCUT2D eigenvalue weighted by molar-refractivity contribution is 0.150. The Morgan fingerprint density at radius 2 is 1.30 bits per heavy atom. The van der Waals surface area contributed by atoms with Crippen molar-refractivity contribution in [2.24, 2.45) is 17.6 Å². The van der Waals surface area contributed by atoms with Gasteiger partial charge < -0.3 is 31.1 Å². The van der Waals surface area contributed by atoms with E-state index in [4.69, 9.17) is 5.73 Å². The molecule has 2 aromatic carbocycles. The molecule has 0 radical (unpaired) electrons. The highest BCUT2D eigenvalue weighted by Crippen LogP contribution is 2.35. The summed E-state index contributed by atoms with van der Waals surface area (Å²) in [5.74, 6) is 1.89. The lowest BCUT2D eigenvalue weighted by Crippen LogP contribution is -2.52. The van der Waals surface area contributed by atoms with Crippen molar-refractivity contribution < 1.29 is 6.22 Å². The molecular formula is C45H62N10O. The van der Waals surface area contributed by atoms with E-state index in [0.29, 0.717) is 41.5 Å². The fourth-order valence-electron chi connectivity index (χ4n) is 8.87. The average molecular weight is 759 g/mol. The summed E-state index contributed by atoms with van der Waals surface area (Å²) in [5.41, 5.74) is 11.0. The van der Waals surface area contributed by atoms with E-state index in [1.807, 2.05) is 35.2 Å². The minimum Gasteiger partial charge on any atom is -0.335 e. The molecule has 4 unspecified atom stereocenters. The molecule has 11 nitrogen and oxygen atoms in total. The van der Waals surface area contributed by atoms with E-state index in [9.17, 15) is 15.3 Å². The number of nitrogens with two attached hydrogens (primary N) is 1. The van der Waals surface area contributed by atoms with E-state index in [-0.39, 0.29) is 19.4 Å². The number of carbonyl (C=O) groups is 1. The summed E-state index contributed by atoms with van der Waals surface area (Å²) < 4.78 is 0. The second kappa shape index (κ2) is 19.5. The highest BCUT2D eigenvalue weighted by molar-refractivity contribution is 5.88. The lowest BCUT2D eigenvalue weighted by Gasteiger charge is -2.38. The van der Waals surface area contributed by atoms with Gasteiger partial charge in [0.1, 0.15) is 12.1 Å². The van der Waals surface area contributed by atoms with Crippen molar-refractivity contribution in [2.75, 3.05) is 66.5 Å². The minimum absolute atomic E-state index is 0. The largest absolute Gasteiger partial charge is 0.335 e. The van der Waals surface area contributed by atoms with Crippen LogP contribution in [0.5, 0.6) is 0 Å². The number of rotatable bonds is 3. The smallest absolute Gasteiger partial charge is 0.317 e. The van der Waals surface area contributed by atoms with Gasteiger partial charge in [-0.3, -0.25) is 9.97 Å². The number of pyridine rings is 2. The molecule has 6 heterocycles. The maximum absolute atomic E-state index is 13.0. The number of piperidine rings is 4. The molecule has 2 aromatic heterocycles. The number of nitrogens with one attached hydrogen (secondary N) is 2. The topological polar surface area (TPSA) is 150 Å². The molecule has 0 bridgehead atoms. The SMILES string of the molecule is CC1CC(c2ccc(C#N)c3ncccc23)CN(C(=O)NC2CCN(C)CC2)C1.CC1CNCC(c2ccc(C#N)c3ncccc23)C1.CN1CCC(N)CC1.[HH]. The summed E-state index contributed by atoms with van der Waals surface area (Å²) in [6.45, 7) is 12.5. The zero-order chi connectivity index (χ0) is 39.6. The van der Waals surface area contributed by atoms with E-state index in [1.165, 1.54) is 43.5 Å². The van der Waals surface area contributed by atoms with Gasteiger partial charge in [0.05, 0.1) is 22.2 Å². The van der Waals surface area contributed by atoms with Gasteiger partial charge in [0, 0.05) is 62.2 Å². The summed E-state index contributed by atoms with van der Waals surface area (Å²) in [6, 6.07) is 21.2. The number of benzene rings is 2. The first-order chi connectivity index (χ1) is 27.1. The molecular weight excluding hydrogens is 697 g/mol. The molecule has 4 aliphatic heterocycles. The Morgan fingerprint density at radius 3 is 1.84 bits per heavy atom. The van der Waals surface area contributed by atoms with Gasteiger partial charge in [-0.15, -0.1) is 0 Å². The Morgan fingerprint density at radius 1 is 0.768 bits per heavy atom. The molecule has 298 valence electrons. The molecule has 0 spiro atoms. The predicted octanol–water partition coefficient (Wildman–Crippen LogP) is 6.44. The van der Waals surface area contributed by atoms with Crippen LogP contribution >= 0.6 is 0 Å². The van der Waals surface area contributed by atoms with Crippen LogP contribution in [0, 0.1) is 34.5 Å². The van der Waals surface area contributed by atoms with Crippen LogP contribution in [-0.4, -0.2) is 109 Å². The zero-order valence-corrected chi connectivity index (χ0v) is 33.8. The fourth-order valence-corrected chi connectivity index (χ4v) is 8.87. The van der Waals surface area contributed by atoms with Crippen molar-refractivity contribution in [1.29, 1.82) is 10.5 Å². The second-order valence-electron chi connectivity index (χ2n) is 16.7. The lowest BCUT2D eigenvalue weighted by atomic mass is 9.83. The van der Waals surface area contributed by atoms with Crippen molar-refractivity contribution in [1.82, 2.24) is 35.3 Å². The van der Waals surface area contributed by atoms with Gasteiger partial charge in [0.2, 0.25) is 0 Å². The first-order valence-electron chi connectivity index (χ1n) is 20.6. The number of fused-ring (bicyclic) bond motifs is 2. The molecule has 4 saturated heterocycles. The summed E-state index contributed by atoms with van der Waals surface area (Å²) in [5, 5.41) is 27.5. The molecule has 4 fully saturated rings. The highest BCUT2D eigenvalue weighted by atomic mass is 16.2. The third-order valence-corrected chi connectivity index (χ3v) is 12.1. The Hall–Kier alpha value is -4.65. The second-order valence-corrected chi connectivity index (χ2v) is 16.7. The summed E-state index contributed by atoms with van der Waals surface area (Å²) in [6.07, 6.45) is 10.1. The molecule has 0 aliphatic carbocycles. The molecule has 4 atom stereocenters. The van der Waals surface area contributed by atoms with Crippen molar-refractivity contribution in [2.45, 2.75) is 76.3 Å². The Kier molecular flexibility index (Phi) is 14.3. The maximum Gasteiger partial charge on any atom is 0.317 e. The molecule has 4 aliphatic rings. The molecule has 8 rings (SSSR count). The fraction of sp³-hybridized carbons (Fsp3) is 0.533. The summed E-state index contributed by atoms with van der Waals surface area (Å²) >= 11 is 0. The average Bonchev–Trinajstić information content (AvgIpc) is 3.22. The standard InChI is InChI=1S/C23H29N5O.C16H17N3.C6H14N2.H2/c1-16-12-18(20-6-5-17(13-24)22-21(20)4-3-9-25-22)15-28(14-16)23(29)26-19-7-10-27(2)11-8-19;1-11-7-13(10-18-9-11)14-5-4-12(8-17)16-15(14)3-2-6-19-16;1-8-4-2-6(7)3-5-8;/h3-6,9,16,18-19H,7-8,10-12,14-15H2,1-2H3,(H,26,29);2-6,11,13,18H,7,9-10H2,1H3;6H,2-5,7H2,1H3;1H.